The Hall–Kier alpha value is -2.96. The third-order valence-corrected chi connectivity index (χ3v) is 4.71. The number of benzene rings is 2. The standard InChI is InChI=1S/C19H24N2.C4H4O4/c1-20-11-13-21(14-12-20)16-19-10-6-5-9-18(19)15-17-7-3-2-4-8-17;5-3(6)1-2-4(7)8/h2-10H,11-16H2,1H3;1-2H,(H,5,6)(H,7,8)/b;2-1-. The van der Waals surface area contributed by atoms with Crippen LogP contribution in [0.1, 0.15) is 16.7 Å². The third kappa shape index (κ3) is 8.72. The van der Waals surface area contributed by atoms with Gasteiger partial charge >= 0.3 is 11.9 Å². The molecule has 0 atom stereocenters. The van der Waals surface area contributed by atoms with Crippen LogP contribution in [-0.2, 0) is 22.6 Å². The summed E-state index contributed by atoms with van der Waals surface area (Å²) >= 11 is 0. The van der Waals surface area contributed by atoms with Gasteiger partial charge in [0.25, 0.3) is 0 Å². The average molecular weight is 396 g/mol. The molecular formula is C23H28N2O4. The second kappa shape index (κ2) is 11.8. The molecule has 0 saturated carbocycles. The number of rotatable bonds is 6. The molecule has 0 aromatic heterocycles. The van der Waals surface area contributed by atoms with Crippen molar-refractivity contribution in [1.29, 1.82) is 0 Å². The van der Waals surface area contributed by atoms with Gasteiger partial charge in [0, 0.05) is 44.9 Å². The Kier molecular flexibility index (Phi) is 9.08. The van der Waals surface area contributed by atoms with Crippen molar-refractivity contribution in [2.24, 2.45) is 0 Å². The van der Waals surface area contributed by atoms with Crippen molar-refractivity contribution in [3.8, 4) is 0 Å². The van der Waals surface area contributed by atoms with Gasteiger partial charge in [0.1, 0.15) is 0 Å². The van der Waals surface area contributed by atoms with Crippen molar-refractivity contribution < 1.29 is 19.8 Å². The van der Waals surface area contributed by atoms with Gasteiger partial charge in [-0.25, -0.2) is 9.59 Å². The molecule has 29 heavy (non-hydrogen) atoms. The first kappa shape index (κ1) is 22.3. The van der Waals surface area contributed by atoms with Crippen molar-refractivity contribution in [3.05, 3.63) is 83.4 Å². The number of likely N-dealkylation sites (N-methyl/N-ethyl adjacent to an activating group) is 1. The highest BCUT2D eigenvalue weighted by Gasteiger charge is 2.15. The topological polar surface area (TPSA) is 81.1 Å². The largest absolute Gasteiger partial charge is 0.478 e. The van der Waals surface area contributed by atoms with Crippen LogP contribution in [0.2, 0.25) is 0 Å². The van der Waals surface area contributed by atoms with Crippen molar-refractivity contribution in [2.45, 2.75) is 13.0 Å². The van der Waals surface area contributed by atoms with Gasteiger partial charge in [-0.2, -0.15) is 0 Å². The number of aliphatic carboxylic acids is 2. The number of nitrogens with zero attached hydrogens (tertiary/aromatic N) is 2. The number of piperazine rings is 1. The fourth-order valence-electron chi connectivity index (χ4n) is 3.09. The zero-order valence-electron chi connectivity index (χ0n) is 16.7. The van der Waals surface area contributed by atoms with Crippen LogP contribution in [0.3, 0.4) is 0 Å². The molecule has 0 bridgehead atoms. The lowest BCUT2D eigenvalue weighted by molar-refractivity contribution is -0.134. The van der Waals surface area contributed by atoms with Crippen LogP contribution >= 0.6 is 0 Å². The van der Waals surface area contributed by atoms with Crippen LogP contribution in [0.15, 0.2) is 66.7 Å². The summed E-state index contributed by atoms with van der Waals surface area (Å²) in [5.74, 6) is -2.51. The van der Waals surface area contributed by atoms with Gasteiger partial charge in [0.2, 0.25) is 0 Å². The van der Waals surface area contributed by atoms with E-state index >= 15 is 0 Å². The van der Waals surface area contributed by atoms with E-state index in [2.05, 4.69) is 71.4 Å². The van der Waals surface area contributed by atoms with E-state index in [0.717, 1.165) is 13.0 Å². The molecular weight excluding hydrogens is 368 g/mol. The summed E-state index contributed by atoms with van der Waals surface area (Å²) < 4.78 is 0. The lowest BCUT2D eigenvalue weighted by Gasteiger charge is -2.32. The van der Waals surface area contributed by atoms with Gasteiger partial charge in [-0.15, -0.1) is 0 Å². The minimum absolute atomic E-state index is 0.558. The quantitative estimate of drug-likeness (QED) is 0.731. The monoisotopic (exact) mass is 396 g/mol. The molecule has 6 heteroatoms. The minimum Gasteiger partial charge on any atom is -0.478 e. The summed E-state index contributed by atoms with van der Waals surface area (Å²) in [6, 6.07) is 19.6. The first-order chi connectivity index (χ1) is 13.9. The van der Waals surface area contributed by atoms with Gasteiger partial charge in [-0.1, -0.05) is 54.6 Å². The molecule has 2 aromatic carbocycles. The molecule has 2 aromatic rings. The van der Waals surface area contributed by atoms with E-state index in [1.165, 1.54) is 42.9 Å². The predicted octanol–water partition coefficient (Wildman–Crippen LogP) is 2.74. The summed E-state index contributed by atoms with van der Waals surface area (Å²) in [6.45, 7) is 5.80. The fraction of sp³-hybridized carbons (Fsp3) is 0.304. The molecule has 0 aliphatic carbocycles. The van der Waals surface area contributed by atoms with Gasteiger partial charge in [-0.05, 0) is 30.2 Å². The van der Waals surface area contributed by atoms with Crippen LogP contribution < -0.4 is 0 Å². The Bertz CT molecular complexity index is 797. The van der Waals surface area contributed by atoms with E-state index in [9.17, 15) is 9.59 Å². The molecule has 3 rings (SSSR count). The second-order valence-electron chi connectivity index (χ2n) is 7.02. The predicted molar refractivity (Wildman–Crippen MR) is 113 cm³/mol. The molecule has 2 N–H and O–H groups in total. The number of carboxylic acids is 2. The Morgan fingerprint density at radius 2 is 1.34 bits per heavy atom. The molecule has 1 saturated heterocycles. The molecule has 6 nitrogen and oxygen atoms in total. The lowest BCUT2D eigenvalue weighted by Crippen LogP contribution is -2.44. The average Bonchev–Trinajstić information content (AvgIpc) is 2.71. The highest BCUT2D eigenvalue weighted by molar-refractivity contribution is 5.89. The van der Waals surface area contributed by atoms with E-state index < -0.39 is 11.9 Å². The summed E-state index contributed by atoms with van der Waals surface area (Å²) in [4.78, 5) is 24.1. The summed E-state index contributed by atoms with van der Waals surface area (Å²) in [5, 5.41) is 15.6. The smallest absolute Gasteiger partial charge is 0.328 e. The highest BCUT2D eigenvalue weighted by Crippen LogP contribution is 2.17. The van der Waals surface area contributed by atoms with E-state index in [1.54, 1.807) is 0 Å². The van der Waals surface area contributed by atoms with E-state index in [0.29, 0.717) is 12.2 Å². The molecule has 0 radical (unpaired) electrons. The van der Waals surface area contributed by atoms with Gasteiger partial charge < -0.3 is 15.1 Å². The number of hydrogen-bond donors (Lipinski definition) is 2. The molecule has 1 heterocycles. The summed E-state index contributed by atoms with van der Waals surface area (Å²) in [5.41, 5.74) is 4.33. The zero-order chi connectivity index (χ0) is 21.1. The van der Waals surface area contributed by atoms with Crippen LogP contribution in [0.4, 0.5) is 0 Å². The fourth-order valence-corrected chi connectivity index (χ4v) is 3.09. The zero-order valence-corrected chi connectivity index (χ0v) is 16.7. The summed E-state index contributed by atoms with van der Waals surface area (Å²) in [7, 11) is 2.21. The molecule has 154 valence electrons. The molecule has 0 amide bonds. The number of carboxylic acid groups (broad SMARTS) is 2. The Morgan fingerprint density at radius 1 is 0.828 bits per heavy atom. The first-order valence-electron chi connectivity index (χ1n) is 9.59. The molecule has 0 unspecified atom stereocenters. The van der Waals surface area contributed by atoms with E-state index in [-0.39, 0.29) is 0 Å². The Labute approximate surface area is 171 Å². The van der Waals surface area contributed by atoms with Crippen LogP contribution in [0.25, 0.3) is 0 Å². The Balaban J connectivity index is 0.000000321. The summed E-state index contributed by atoms with van der Waals surface area (Å²) in [6.07, 6.45) is 2.15. The number of hydrogen-bond acceptors (Lipinski definition) is 4. The maximum atomic E-state index is 9.55. The number of carbonyl (C=O) groups is 2. The van der Waals surface area contributed by atoms with Crippen LogP contribution in [-0.4, -0.2) is 65.2 Å². The lowest BCUT2D eigenvalue weighted by atomic mass is 9.99. The van der Waals surface area contributed by atoms with Gasteiger partial charge in [0.15, 0.2) is 0 Å². The normalized spacial score (nSPS) is 14.9. The first-order valence-corrected chi connectivity index (χ1v) is 9.59. The third-order valence-electron chi connectivity index (χ3n) is 4.71. The second-order valence-corrected chi connectivity index (χ2v) is 7.02. The minimum atomic E-state index is -1.26. The molecule has 1 fully saturated rings. The van der Waals surface area contributed by atoms with Crippen LogP contribution in [0.5, 0.6) is 0 Å². The maximum Gasteiger partial charge on any atom is 0.328 e. The molecule has 0 spiro atoms. The SMILES string of the molecule is CN1CCN(Cc2ccccc2Cc2ccccc2)CC1.O=C(O)/C=C\C(=O)O. The van der Waals surface area contributed by atoms with Crippen molar-refractivity contribution in [3.63, 3.8) is 0 Å². The van der Waals surface area contributed by atoms with Crippen LogP contribution in [0, 0.1) is 0 Å². The molecule has 1 aliphatic rings. The van der Waals surface area contributed by atoms with Crippen molar-refractivity contribution >= 4 is 11.9 Å². The maximum absolute atomic E-state index is 9.55. The van der Waals surface area contributed by atoms with Gasteiger partial charge in [0.05, 0.1) is 0 Å². The van der Waals surface area contributed by atoms with E-state index in [1.807, 2.05) is 0 Å². The Morgan fingerprint density at radius 3 is 1.90 bits per heavy atom. The van der Waals surface area contributed by atoms with Crippen molar-refractivity contribution in [2.75, 3.05) is 33.2 Å². The van der Waals surface area contributed by atoms with Gasteiger partial charge in [-0.3, -0.25) is 4.90 Å². The molecule has 1 aliphatic heterocycles. The van der Waals surface area contributed by atoms with E-state index in [4.69, 9.17) is 10.2 Å². The van der Waals surface area contributed by atoms with Crippen molar-refractivity contribution in [1.82, 2.24) is 9.80 Å². The highest BCUT2D eigenvalue weighted by atomic mass is 16.4.